The minimum atomic E-state index is -3.75. The number of hydrogen-bond acceptors (Lipinski definition) is 4. The van der Waals surface area contributed by atoms with Gasteiger partial charge in [0, 0.05) is 11.6 Å². The van der Waals surface area contributed by atoms with Gasteiger partial charge in [-0.05, 0) is 30.3 Å². The van der Waals surface area contributed by atoms with Gasteiger partial charge in [-0.15, -0.1) is 0 Å². The molecule has 0 radical (unpaired) electrons. The first-order valence-electron chi connectivity index (χ1n) is 6.81. The van der Waals surface area contributed by atoms with Crippen LogP contribution in [0.4, 0.5) is 10.2 Å². The second-order valence-electron chi connectivity index (χ2n) is 4.84. The fraction of sp³-hybridized carbons (Fsp3) is 0. The Labute approximate surface area is 143 Å². The molecule has 1 heterocycles. The van der Waals surface area contributed by atoms with E-state index in [1.54, 1.807) is 18.2 Å². The maximum absolute atomic E-state index is 13.2. The van der Waals surface area contributed by atoms with Crippen molar-refractivity contribution >= 4 is 27.4 Å². The summed E-state index contributed by atoms with van der Waals surface area (Å²) in [5.74, 6) is -0.441. The number of nitrogens with one attached hydrogen (secondary N) is 1. The van der Waals surface area contributed by atoms with Crippen molar-refractivity contribution in [3.05, 3.63) is 71.8 Å². The molecule has 0 unspecified atom stereocenters. The van der Waals surface area contributed by atoms with Crippen molar-refractivity contribution in [2.24, 2.45) is 0 Å². The summed E-state index contributed by atoms with van der Waals surface area (Å²) in [6.07, 6.45) is 1.22. The van der Waals surface area contributed by atoms with Crippen molar-refractivity contribution < 1.29 is 12.8 Å². The molecule has 0 atom stereocenters. The monoisotopic (exact) mass is 363 g/mol. The van der Waals surface area contributed by atoms with Crippen LogP contribution in [-0.2, 0) is 10.0 Å². The summed E-state index contributed by atoms with van der Waals surface area (Å²) in [7, 11) is -3.75. The minimum Gasteiger partial charge on any atom is -0.263 e. The van der Waals surface area contributed by atoms with Crippen LogP contribution in [0.15, 0.2) is 65.8 Å². The lowest BCUT2D eigenvalue weighted by Gasteiger charge is -2.08. The van der Waals surface area contributed by atoms with E-state index in [-0.39, 0.29) is 15.7 Å². The molecule has 0 aliphatic heterocycles. The summed E-state index contributed by atoms with van der Waals surface area (Å²) in [4.78, 5) is 8.08. The van der Waals surface area contributed by atoms with Crippen LogP contribution in [0, 0.1) is 5.82 Å². The number of rotatable bonds is 4. The number of sulfonamides is 1. The second kappa shape index (κ2) is 6.54. The van der Waals surface area contributed by atoms with E-state index in [9.17, 15) is 12.8 Å². The molecule has 122 valence electrons. The molecule has 24 heavy (non-hydrogen) atoms. The molecule has 0 saturated carbocycles. The molecule has 0 aliphatic carbocycles. The highest BCUT2D eigenvalue weighted by Crippen LogP contribution is 2.25. The molecule has 0 fully saturated rings. The van der Waals surface area contributed by atoms with Gasteiger partial charge in [-0.1, -0.05) is 29.8 Å². The van der Waals surface area contributed by atoms with Crippen molar-refractivity contribution in [1.29, 1.82) is 0 Å². The van der Waals surface area contributed by atoms with Gasteiger partial charge in [0.05, 0.1) is 15.6 Å². The Bertz CT molecular complexity index is 982. The van der Waals surface area contributed by atoms with Crippen LogP contribution < -0.4 is 4.72 Å². The lowest BCUT2D eigenvalue weighted by molar-refractivity contribution is 0.601. The van der Waals surface area contributed by atoms with Crippen LogP contribution in [-0.4, -0.2) is 18.4 Å². The molecule has 1 aromatic heterocycles. The zero-order chi connectivity index (χ0) is 17.2. The molecule has 1 N–H and O–H groups in total. The van der Waals surface area contributed by atoms with E-state index in [2.05, 4.69) is 14.7 Å². The Morgan fingerprint density at radius 2 is 1.75 bits per heavy atom. The third-order valence-corrected chi connectivity index (χ3v) is 4.84. The van der Waals surface area contributed by atoms with E-state index in [0.717, 1.165) is 0 Å². The Balaban J connectivity index is 1.92. The lowest BCUT2D eigenvalue weighted by Crippen LogP contribution is -2.14. The Kier molecular flexibility index (Phi) is 4.46. The standard InChI is InChI=1S/C16H11ClFN3O2S/c17-13-8-11(6-7-14(13)18)15-9-16(20-10-19-15)21-24(22,23)12-4-2-1-3-5-12/h1-10H,(H,19,20,21). The molecule has 8 heteroatoms. The zero-order valence-electron chi connectivity index (χ0n) is 12.1. The average Bonchev–Trinajstić information content (AvgIpc) is 2.58. The van der Waals surface area contributed by atoms with E-state index in [1.165, 1.54) is 42.7 Å². The molecule has 0 amide bonds. The summed E-state index contributed by atoms with van der Waals surface area (Å²) >= 11 is 5.76. The highest BCUT2D eigenvalue weighted by Gasteiger charge is 2.15. The van der Waals surface area contributed by atoms with Gasteiger partial charge < -0.3 is 0 Å². The van der Waals surface area contributed by atoms with E-state index in [1.807, 2.05) is 0 Å². The molecule has 0 spiro atoms. The van der Waals surface area contributed by atoms with Crippen molar-refractivity contribution in [1.82, 2.24) is 9.97 Å². The summed E-state index contributed by atoms with van der Waals surface area (Å²) in [6, 6.07) is 13.5. The molecule has 0 bridgehead atoms. The number of nitrogens with zero attached hydrogens (tertiary/aromatic N) is 2. The SMILES string of the molecule is O=S(=O)(Nc1cc(-c2ccc(F)c(Cl)c2)ncn1)c1ccccc1. The fourth-order valence-corrected chi connectivity index (χ4v) is 3.22. The quantitative estimate of drug-likeness (QED) is 0.766. The highest BCUT2D eigenvalue weighted by atomic mass is 35.5. The molecule has 3 rings (SSSR count). The Hall–Kier alpha value is -2.51. The normalized spacial score (nSPS) is 11.2. The van der Waals surface area contributed by atoms with Gasteiger partial charge in [0.2, 0.25) is 0 Å². The van der Waals surface area contributed by atoms with Gasteiger partial charge in [-0.25, -0.2) is 22.8 Å². The Morgan fingerprint density at radius 1 is 1.00 bits per heavy atom. The minimum absolute atomic E-state index is 0.0440. The van der Waals surface area contributed by atoms with Crippen molar-refractivity contribution in [2.75, 3.05) is 4.72 Å². The third-order valence-electron chi connectivity index (χ3n) is 3.17. The first-order valence-corrected chi connectivity index (χ1v) is 8.67. The molecule has 0 saturated heterocycles. The summed E-state index contributed by atoms with van der Waals surface area (Å²) in [6.45, 7) is 0. The second-order valence-corrected chi connectivity index (χ2v) is 6.93. The number of anilines is 1. The van der Waals surface area contributed by atoms with Crippen LogP contribution >= 0.6 is 11.6 Å². The van der Waals surface area contributed by atoms with E-state index in [0.29, 0.717) is 11.3 Å². The number of halogens is 2. The predicted octanol–water partition coefficient (Wildman–Crippen LogP) is 3.74. The van der Waals surface area contributed by atoms with Crippen LogP contribution in [0.3, 0.4) is 0 Å². The van der Waals surface area contributed by atoms with Crippen molar-refractivity contribution in [2.45, 2.75) is 4.90 Å². The topological polar surface area (TPSA) is 72.0 Å². The van der Waals surface area contributed by atoms with Crippen molar-refractivity contribution in [3.63, 3.8) is 0 Å². The molecule has 2 aromatic carbocycles. The van der Waals surface area contributed by atoms with E-state index < -0.39 is 15.8 Å². The predicted molar refractivity (Wildman–Crippen MR) is 89.7 cm³/mol. The molecule has 3 aromatic rings. The van der Waals surface area contributed by atoms with Crippen molar-refractivity contribution in [3.8, 4) is 11.3 Å². The fourth-order valence-electron chi connectivity index (χ4n) is 2.02. The molecule has 0 aliphatic rings. The van der Waals surface area contributed by atoms with Gasteiger partial charge in [-0.3, -0.25) is 4.72 Å². The molecular weight excluding hydrogens is 353 g/mol. The average molecular weight is 364 g/mol. The first kappa shape index (κ1) is 16.4. The van der Waals surface area contributed by atoms with Crippen LogP contribution in [0.25, 0.3) is 11.3 Å². The maximum atomic E-state index is 13.2. The van der Waals surface area contributed by atoms with Crippen LogP contribution in [0.2, 0.25) is 5.02 Å². The van der Waals surface area contributed by atoms with Gasteiger partial charge in [-0.2, -0.15) is 0 Å². The van der Waals surface area contributed by atoms with E-state index in [4.69, 9.17) is 11.6 Å². The van der Waals surface area contributed by atoms with E-state index >= 15 is 0 Å². The van der Waals surface area contributed by atoms with Gasteiger partial charge in [0.1, 0.15) is 18.0 Å². The molecule has 5 nitrogen and oxygen atoms in total. The maximum Gasteiger partial charge on any atom is 0.263 e. The van der Waals surface area contributed by atoms with Crippen LogP contribution in [0.1, 0.15) is 0 Å². The van der Waals surface area contributed by atoms with Gasteiger partial charge in [0.15, 0.2) is 0 Å². The Morgan fingerprint density at radius 3 is 2.46 bits per heavy atom. The van der Waals surface area contributed by atoms with Crippen LogP contribution in [0.5, 0.6) is 0 Å². The largest absolute Gasteiger partial charge is 0.263 e. The highest BCUT2D eigenvalue weighted by molar-refractivity contribution is 7.92. The summed E-state index contributed by atoms with van der Waals surface area (Å²) in [5, 5.41) is -0.0440. The molecular formula is C16H11ClFN3O2S. The van der Waals surface area contributed by atoms with Gasteiger partial charge >= 0.3 is 0 Å². The summed E-state index contributed by atoms with van der Waals surface area (Å²) in [5.41, 5.74) is 0.960. The smallest absolute Gasteiger partial charge is 0.263 e. The number of aromatic nitrogens is 2. The first-order chi connectivity index (χ1) is 11.5. The summed E-state index contributed by atoms with van der Waals surface area (Å²) < 4.78 is 40.2. The lowest BCUT2D eigenvalue weighted by atomic mass is 10.1. The zero-order valence-corrected chi connectivity index (χ0v) is 13.7. The number of hydrogen-bond donors (Lipinski definition) is 1. The number of benzene rings is 2. The van der Waals surface area contributed by atoms with Gasteiger partial charge in [0.25, 0.3) is 10.0 Å². The third kappa shape index (κ3) is 3.52.